The van der Waals surface area contributed by atoms with Gasteiger partial charge in [0, 0.05) is 24.2 Å². The zero-order valence-corrected chi connectivity index (χ0v) is 19.5. The number of rotatable bonds is 8. The number of methoxy groups -OCH3 is 1. The third-order valence-electron chi connectivity index (χ3n) is 5.68. The standard InChI is InChI=1S/C27H24N4O5/c1-36-27(35)18-9-12-20-21(15-18)31-26(34)23(20)24(16-5-3-2-4-6-16)30-19-10-7-17(8-11-19)25(33)29-14-13-22(28)32/h2-12,15,23H,13-14H2,1H3,(H2,28,32)(H,29,33)(H,31,34). The first-order valence-electron chi connectivity index (χ1n) is 11.2. The molecule has 0 saturated heterocycles. The van der Waals surface area contributed by atoms with Crippen molar-refractivity contribution in [3.05, 3.63) is 95.1 Å². The molecule has 1 heterocycles. The fraction of sp³-hybridized carbons (Fsp3) is 0.148. The molecule has 1 unspecified atom stereocenters. The lowest BCUT2D eigenvalue weighted by molar-refractivity contribution is -0.118. The molecule has 182 valence electrons. The summed E-state index contributed by atoms with van der Waals surface area (Å²) in [6.45, 7) is 0.153. The average molecular weight is 485 g/mol. The van der Waals surface area contributed by atoms with Gasteiger partial charge in [-0.05, 0) is 47.5 Å². The number of nitrogens with zero attached hydrogens (tertiary/aromatic N) is 1. The predicted molar refractivity (Wildman–Crippen MR) is 134 cm³/mol. The van der Waals surface area contributed by atoms with E-state index in [9.17, 15) is 19.2 Å². The molecular weight excluding hydrogens is 460 g/mol. The molecule has 36 heavy (non-hydrogen) atoms. The average Bonchev–Trinajstić information content (AvgIpc) is 3.22. The van der Waals surface area contributed by atoms with Crippen LogP contribution in [0.2, 0.25) is 0 Å². The molecule has 0 spiro atoms. The molecule has 3 amide bonds. The minimum atomic E-state index is -0.703. The van der Waals surface area contributed by atoms with E-state index in [1.807, 2.05) is 30.3 Å². The molecule has 0 radical (unpaired) electrons. The summed E-state index contributed by atoms with van der Waals surface area (Å²) in [5.74, 6) is -2.29. The van der Waals surface area contributed by atoms with Crippen molar-refractivity contribution in [3.8, 4) is 0 Å². The summed E-state index contributed by atoms with van der Waals surface area (Å²) in [4.78, 5) is 52.9. The zero-order chi connectivity index (χ0) is 25.7. The van der Waals surface area contributed by atoms with Gasteiger partial charge >= 0.3 is 5.97 Å². The number of nitrogens with two attached hydrogens (primary N) is 1. The maximum absolute atomic E-state index is 13.1. The number of carbonyl (C=O) groups is 4. The Bertz CT molecular complexity index is 1350. The van der Waals surface area contributed by atoms with Crippen LogP contribution >= 0.6 is 0 Å². The Balaban J connectivity index is 1.67. The number of hydrogen-bond acceptors (Lipinski definition) is 6. The van der Waals surface area contributed by atoms with Crippen molar-refractivity contribution < 1.29 is 23.9 Å². The lowest BCUT2D eigenvalue weighted by Crippen LogP contribution is -2.27. The molecule has 9 nitrogen and oxygen atoms in total. The van der Waals surface area contributed by atoms with Gasteiger partial charge in [0.15, 0.2) is 0 Å². The normalized spacial score (nSPS) is 14.5. The summed E-state index contributed by atoms with van der Waals surface area (Å²) in [6, 6.07) is 20.9. The minimum Gasteiger partial charge on any atom is -0.465 e. The number of aliphatic imine (C=N–C) groups is 1. The Morgan fingerprint density at radius 2 is 1.67 bits per heavy atom. The van der Waals surface area contributed by atoms with Crippen LogP contribution in [0.4, 0.5) is 11.4 Å². The highest BCUT2D eigenvalue weighted by Gasteiger charge is 2.36. The van der Waals surface area contributed by atoms with E-state index in [1.165, 1.54) is 7.11 Å². The maximum Gasteiger partial charge on any atom is 0.337 e. The molecule has 4 N–H and O–H groups in total. The highest BCUT2D eigenvalue weighted by molar-refractivity contribution is 6.24. The van der Waals surface area contributed by atoms with Crippen molar-refractivity contribution in [3.63, 3.8) is 0 Å². The number of carbonyl (C=O) groups excluding carboxylic acids is 4. The molecule has 4 rings (SSSR count). The Hall–Kier alpha value is -4.79. The van der Waals surface area contributed by atoms with E-state index in [1.54, 1.807) is 42.5 Å². The smallest absolute Gasteiger partial charge is 0.337 e. The van der Waals surface area contributed by atoms with Crippen molar-refractivity contribution in [2.45, 2.75) is 12.3 Å². The second kappa shape index (κ2) is 10.6. The Labute approximate surface area is 207 Å². The SMILES string of the molecule is COC(=O)c1ccc2c(c1)NC(=O)C2C(=Nc1ccc(C(=O)NCCC(N)=O)cc1)c1ccccc1. The second-order valence-corrected chi connectivity index (χ2v) is 8.10. The summed E-state index contributed by atoms with van der Waals surface area (Å²) in [5.41, 5.74) is 8.89. The predicted octanol–water partition coefficient (Wildman–Crippen LogP) is 2.94. The number of anilines is 1. The summed E-state index contributed by atoms with van der Waals surface area (Å²) < 4.78 is 4.78. The molecule has 3 aromatic rings. The van der Waals surface area contributed by atoms with Gasteiger partial charge in [-0.1, -0.05) is 36.4 Å². The highest BCUT2D eigenvalue weighted by Crippen LogP contribution is 2.37. The van der Waals surface area contributed by atoms with Gasteiger partial charge in [0.05, 0.1) is 24.1 Å². The Morgan fingerprint density at radius 3 is 2.33 bits per heavy atom. The summed E-state index contributed by atoms with van der Waals surface area (Å²) in [5, 5.41) is 5.47. The van der Waals surface area contributed by atoms with Gasteiger partial charge < -0.3 is 21.1 Å². The van der Waals surface area contributed by atoms with Gasteiger partial charge in [0.2, 0.25) is 11.8 Å². The zero-order valence-electron chi connectivity index (χ0n) is 19.5. The number of esters is 1. The minimum absolute atomic E-state index is 0.0562. The van der Waals surface area contributed by atoms with Crippen LogP contribution in [0, 0.1) is 0 Å². The number of amides is 3. The number of ether oxygens (including phenoxy) is 1. The molecule has 1 aliphatic heterocycles. The maximum atomic E-state index is 13.1. The molecule has 1 atom stereocenters. The van der Waals surface area contributed by atoms with Crippen molar-refractivity contribution in [1.29, 1.82) is 0 Å². The van der Waals surface area contributed by atoms with Crippen LogP contribution in [-0.2, 0) is 14.3 Å². The van der Waals surface area contributed by atoms with Crippen LogP contribution in [-0.4, -0.2) is 43.1 Å². The fourth-order valence-electron chi connectivity index (χ4n) is 3.91. The van der Waals surface area contributed by atoms with Crippen LogP contribution in [0.25, 0.3) is 0 Å². The quantitative estimate of drug-likeness (QED) is 0.333. The summed E-state index contributed by atoms with van der Waals surface area (Å²) in [7, 11) is 1.30. The lowest BCUT2D eigenvalue weighted by Gasteiger charge is -2.14. The molecular formula is C27H24N4O5. The third-order valence-corrected chi connectivity index (χ3v) is 5.68. The number of hydrogen-bond donors (Lipinski definition) is 3. The first-order valence-corrected chi connectivity index (χ1v) is 11.2. The number of primary amides is 1. The summed E-state index contributed by atoms with van der Waals surface area (Å²) in [6.07, 6.45) is 0.0562. The van der Waals surface area contributed by atoms with Gasteiger partial charge in [0.1, 0.15) is 5.92 Å². The van der Waals surface area contributed by atoms with E-state index in [4.69, 9.17) is 15.5 Å². The molecule has 0 fully saturated rings. The van der Waals surface area contributed by atoms with Gasteiger partial charge in [-0.2, -0.15) is 0 Å². The van der Waals surface area contributed by atoms with E-state index in [0.29, 0.717) is 33.8 Å². The molecule has 0 saturated carbocycles. The van der Waals surface area contributed by atoms with E-state index in [-0.39, 0.29) is 24.8 Å². The van der Waals surface area contributed by atoms with Crippen molar-refractivity contribution in [1.82, 2.24) is 5.32 Å². The van der Waals surface area contributed by atoms with Crippen molar-refractivity contribution >= 4 is 40.8 Å². The van der Waals surface area contributed by atoms with E-state index < -0.39 is 17.8 Å². The Morgan fingerprint density at radius 1 is 0.972 bits per heavy atom. The van der Waals surface area contributed by atoms with Gasteiger partial charge in [-0.25, -0.2) is 4.79 Å². The van der Waals surface area contributed by atoms with E-state index in [2.05, 4.69) is 10.6 Å². The number of fused-ring (bicyclic) bond motifs is 1. The molecule has 9 heteroatoms. The monoisotopic (exact) mass is 484 g/mol. The summed E-state index contributed by atoms with van der Waals surface area (Å²) >= 11 is 0. The fourth-order valence-corrected chi connectivity index (χ4v) is 3.91. The highest BCUT2D eigenvalue weighted by atomic mass is 16.5. The first-order chi connectivity index (χ1) is 17.4. The topological polar surface area (TPSA) is 140 Å². The molecule has 3 aromatic carbocycles. The van der Waals surface area contributed by atoms with E-state index in [0.717, 1.165) is 5.56 Å². The van der Waals surface area contributed by atoms with Crippen LogP contribution < -0.4 is 16.4 Å². The lowest BCUT2D eigenvalue weighted by atomic mass is 9.90. The van der Waals surface area contributed by atoms with Crippen LogP contribution in [0.1, 0.15) is 44.2 Å². The molecule has 0 bridgehead atoms. The third kappa shape index (κ3) is 5.30. The number of nitrogens with one attached hydrogen (secondary N) is 2. The largest absolute Gasteiger partial charge is 0.465 e. The molecule has 0 aliphatic carbocycles. The van der Waals surface area contributed by atoms with Gasteiger partial charge in [-0.3, -0.25) is 19.4 Å². The number of benzene rings is 3. The van der Waals surface area contributed by atoms with Crippen molar-refractivity contribution in [2.75, 3.05) is 19.0 Å². The van der Waals surface area contributed by atoms with E-state index >= 15 is 0 Å². The molecule has 1 aliphatic rings. The molecule has 0 aromatic heterocycles. The van der Waals surface area contributed by atoms with Crippen molar-refractivity contribution in [2.24, 2.45) is 10.7 Å². The van der Waals surface area contributed by atoms with Crippen LogP contribution in [0.5, 0.6) is 0 Å². The second-order valence-electron chi connectivity index (χ2n) is 8.10. The Kier molecular flexibility index (Phi) is 7.20. The first kappa shape index (κ1) is 24.3. The van der Waals surface area contributed by atoms with Gasteiger partial charge in [-0.15, -0.1) is 0 Å². The van der Waals surface area contributed by atoms with Crippen LogP contribution in [0.3, 0.4) is 0 Å². The van der Waals surface area contributed by atoms with Crippen LogP contribution in [0.15, 0.2) is 77.8 Å². The van der Waals surface area contributed by atoms with Gasteiger partial charge in [0.25, 0.3) is 5.91 Å².